The first-order valence-corrected chi connectivity index (χ1v) is 16.1. The molecule has 0 aliphatic heterocycles. The lowest BCUT2D eigenvalue weighted by Crippen LogP contribution is -2.00. The van der Waals surface area contributed by atoms with Crippen LogP contribution in [0.1, 0.15) is 0 Å². The molecule has 0 unspecified atom stereocenters. The highest BCUT2D eigenvalue weighted by Crippen LogP contribution is 2.41. The maximum absolute atomic E-state index is 6.46. The molecule has 47 heavy (non-hydrogen) atoms. The van der Waals surface area contributed by atoms with E-state index in [1.54, 1.807) is 11.3 Å². The third kappa shape index (κ3) is 4.17. The number of rotatable bonds is 4. The molecule has 0 aliphatic rings. The molecule has 0 atom stereocenters. The number of hydrogen-bond acceptors (Lipinski definition) is 7. The first-order valence-electron chi connectivity index (χ1n) is 15.3. The number of thiazole rings is 1. The Balaban J connectivity index is 1.23. The van der Waals surface area contributed by atoms with Crippen LogP contribution in [0.4, 0.5) is 0 Å². The Labute approximate surface area is 271 Å². The summed E-state index contributed by atoms with van der Waals surface area (Å²) in [4.78, 5) is 20.3. The van der Waals surface area contributed by atoms with Gasteiger partial charge in [-0.05, 0) is 24.3 Å². The second kappa shape index (κ2) is 10.2. The Morgan fingerprint density at radius 2 is 1.00 bits per heavy atom. The van der Waals surface area contributed by atoms with E-state index in [9.17, 15) is 0 Å². The van der Waals surface area contributed by atoms with Crippen molar-refractivity contribution in [1.82, 2.24) is 19.9 Å². The molecule has 4 aromatic heterocycles. The first-order chi connectivity index (χ1) is 23.3. The van der Waals surface area contributed by atoms with Crippen LogP contribution in [0, 0.1) is 0 Å². The average molecular weight is 623 g/mol. The Kier molecular flexibility index (Phi) is 5.64. The van der Waals surface area contributed by atoms with Gasteiger partial charge in [-0.3, -0.25) is 0 Å². The molecule has 7 heteroatoms. The molecule has 6 aromatic carbocycles. The van der Waals surface area contributed by atoms with Crippen molar-refractivity contribution in [2.45, 2.75) is 0 Å². The summed E-state index contributed by atoms with van der Waals surface area (Å²) in [5.74, 6) is 1.73. The van der Waals surface area contributed by atoms with Crippen molar-refractivity contribution in [2.24, 2.45) is 0 Å². The Bertz CT molecular complexity index is 2800. The van der Waals surface area contributed by atoms with Crippen LogP contribution < -0.4 is 0 Å². The van der Waals surface area contributed by atoms with Gasteiger partial charge in [-0.25, -0.2) is 19.9 Å². The molecule has 220 valence electrons. The van der Waals surface area contributed by atoms with E-state index in [0.29, 0.717) is 17.5 Å². The van der Waals surface area contributed by atoms with Crippen LogP contribution in [0.15, 0.2) is 142 Å². The number of nitrogens with zero attached hydrogens (tertiary/aromatic N) is 4. The molecular formula is C40H22N4O2S. The SMILES string of the molecule is c1ccc(-c2nc(-c3cccc4oc5ccccc5c34)nc(-c3cccc4oc5cc6sc(-c7ccccc7)nc6cc5c34)n2)cc1. The Hall–Kier alpha value is -6.18. The average Bonchev–Trinajstić information content (AvgIpc) is 3.84. The lowest BCUT2D eigenvalue weighted by molar-refractivity contribution is 0.669. The summed E-state index contributed by atoms with van der Waals surface area (Å²) in [5.41, 5.74) is 7.87. The van der Waals surface area contributed by atoms with Gasteiger partial charge in [0, 0.05) is 49.9 Å². The van der Waals surface area contributed by atoms with Crippen LogP contribution in [-0.2, 0) is 0 Å². The van der Waals surface area contributed by atoms with Crippen LogP contribution >= 0.6 is 11.3 Å². The predicted octanol–water partition coefficient (Wildman–Crippen LogP) is 10.9. The third-order valence-electron chi connectivity index (χ3n) is 8.58. The van der Waals surface area contributed by atoms with Gasteiger partial charge in [0.2, 0.25) is 0 Å². The fraction of sp³-hybridized carbons (Fsp3) is 0. The van der Waals surface area contributed by atoms with E-state index in [0.717, 1.165) is 81.4 Å². The van der Waals surface area contributed by atoms with Gasteiger partial charge >= 0.3 is 0 Å². The summed E-state index contributed by atoms with van der Waals surface area (Å²) in [7, 11) is 0. The summed E-state index contributed by atoms with van der Waals surface area (Å²) in [6.45, 7) is 0. The van der Waals surface area contributed by atoms with Crippen molar-refractivity contribution >= 4 is 65.4 Å². The number of aromatic nitrogens is 4. The normalized spacial score (nSPS) is 11.8. The van der Waals surface area contributed by atoms with E-state index < -0.39 is 0 Å². The summed E-state index contributed by atoms with van der Waals surface area (Å²) in [6, 6.07) is 44.6. The van der Waals surface area contributed by atoms with Crippen LogP contribution in [0.5, 0.6) is 0 Å². The zero-order chi connectivity index (χ0) is 30.9. The zero-order valence-corrected chi connectivity index (χ0v) is 25.5. The minimum atomic E-state index is 0.565. The topological polar surface area (TPSA) is 77.8 Å². The van der Waals surface area contributed by atoms with Gasteiger partial charge in [-0.1, -0.05) is 103 Å². The minimum absolute atomic E-state index is 0.565. The van der Waals surface area contributed by atoms with E-state index in [-0.39, 0.29) is 0 Å². The van der Waals surface area contributed by atoms with E-state index in [4.69, 9.17) is 28.8 Å². The highest BCUT2D eigenvalue weighted by atomic mass is 32.1. The second-order valence-corrected chi connectivity index (χ2v) is 12.5. The van der Waals surface area contributed by atoms with E-state index in [1.807, 2.05) is 91.0 Å². The maximum atomic E-state index is 6.46. The van der Waals surface area contributed by atoms with E-state index in [2.05, 4.69) is 42.5 Å². The van der Waals surface area contributed by atoms with Crippen molar-refractivity contribution in [3.8, 4) is 44.7 Å². The number of para-hydroxylation sites is 1. The summed E-state index contributed by atoms with van der Waals surface area (Å²) < 4.78 is 13.7. The van der Waals surface area contributed by atoms with E-state index in [1.165, 1.54) is 0 Å². The summed E-state index contributed by atoms with van der Waals surface area (Å²) in [6.07, 6.45) is 0. The molecule has 0 saturated heterocycles. The lowest BCUT2D eigenvalue weighted by atomic mass is 10.0. The maximum Gasteiger partial charge on any atom is 0.164 e. The van der Waals surface area contributed by atoms with Gasteiger partial charge < -0.3 is 8.83 Å². The molecule has 0 spiro atoms. The highest BCUT2D eigenvalue weighted by Gasteiger charge is 2.21. The number of benzene rings is 6. The molecule has 0 fully saturated rings. The van der Waals surface area contributed by atoms with Gasteiger partial charge in [0.05, 0.1) is 10.2 Å². The molecule has 0 aliphatic carbocycles. The number of hydrogen-bond donors (Lipinski definition) is 0. The van der Waals surface area contributed by atoms with Crippen molar-refractivity contribution in [3.05, 3.63) is 133 Å². The van der Waals surface area contributed by atoms with Gasteiger partial charge in [-0.15, -0.1) is 11.3 Å². The fourth-order valence-electron chi connectivity index (χ4n) is 6.43. The molecule has 0 bridgehead atoms. The molecule has 10 rings (SSSR count). The third-order valence-corrected chi connectivity index (χ3v) is 9.64. The second-order valence-electron chi connectivity index (χ2n) is 11.4. The standard InChI is InChI=1S/C40H22N4O2S/c1-3-11-23(12-4-1)37-42-38(26-16-9-19-31-35(26)25-15-7-8-18-30(25)45-31)44-39(43-37)27-17-10-20-32-36(27)28-21-29-34(22-33(28)46-32)47-40(41-29)24-13-5-2-6-14-24/h1-22H. The van der Waals surface area contributed by atoms with E-state index >= 15 is 0 Å². The molecule has 0 amide bonds. The van der Waals surface area contributed by atoms with Crippen molar-refractivity contribution < 1.29 is 8.83 Å². The minimum Gasteiger partial charge on any atom is -0.456 e. The summed E-state index contributed by atoms with van der Waals surface area (Å²) in [5, 5.41) is 4.90. The summed E-state index contributed by atoms with van der Waals surface area (Å²) >= 11 is 1.67. The smallest absolute Gasteiger partial charge is 0.164 e. The lowest BCUT2D eigenvalue weighted by Gasteiger charge is -2.10. The van der Waals surface area contributed by atoms with Crippen molar-refractivity contribution in [2.75, 3.05) is 0 Å². The Morgan fingerprint density at radius 3 is 1.72 bits per heavy atom. The van der Waals surface area contributed by atoms with Gasteiger partial charge in [0.15, 0.2) is 17.5 Å². The molecule has 0 N–H and O–H groups in total. The largest absolute Gasteiger partial charge is 0.456 e. The van der Waals surface area contributed by atoms with Crippen molar-refractivity contribution in [1.29, 1.82) is 0 Å². The Morgan fingerprint density at radius 1 is 0.426 bits per heavy atom. The van der Waals surface area contributed by atoms with Crippen LogP contribution in [0.2, 0.25) is 0 Å². The van der Waals surface area contributed by atoms with Gasteiger partial charge in [-0.2, -0.15) is 0 Å². The van der Waals surface area contributed by atoms with Gasteiger partial charge in [0.25, 0.3) is 0 Å². The molecule has 6 nitrogen and oxygen atoms in total. The van der Waals surface area contributed by atoms with Crippen LogP contribution in [0.25, 0.3) is 98.8 Å². The quantitative estimate of drug-likeness (QED) is 0.194. The first kappa shape index (κ1) is 26.1. The monoisotopic (exact) mass is 622 g/mol. The van der Waals surface area contributed by atoms with Crippen LogP contribution in [-0.4, -0.2) is 19.9 Å². The number of furan rings is 2. The van der Waals surface area contributed by atoms with Crippen LogP contribution in [0.3, 0.4) is 0 Å². The predicted molar refractivity (Wildman–Crippen MR) is 189 cm³/mol. The zero-order valence-electron chi connectivity index (χ0n) is 24.7. The fourth-order valence-corrected chi connectivity index (χ4v) is 7.41. The molecule has 0 radical (unpaired) electrons. The number of fused-ring (bicyclic) bond motifs is 7. The van der Waals surface area contributed by atoms with Crippen molar-refractivity contribution in [3.63, 3.8) is 0 Å². The highest BCUT2D eigenvalue weighted by molar-refractivity contribution is 7.21. The molecule has 0 saturated carbocycles. The molecule has 10 aromatic rings. The van der Waals surface area contributed by atoms with Gasteiger partial charge in [0.1, 0.15) is 27.3 Å². The molecular weight excluding hydrogens is 601 g/mol. The molecule has 4 heterocycles.